The molecule has 88 valence electrons. The Hall–Kier alpha value is -0.710. The zero-order chi connectivity index (χ0) is 11.8. The van der Waals surface area contributed by atoms with E-state index >= 15 is 0 Å². The van der Waals surface area contributed by atoms with Crippen LogP contribution in [0.15, 0.2) is 22.3 Å². The second-order valence-electron chi connectivity index (χ2n) is 3.40. The summed E-state index contributed by atoms with van der Waals surface area (Å²) in [6.45, 7) is 2.89. The zero-order valence-corrected chi connectivity index (χ0v) is 11.9. The topological polar surface area (TPSA) is 18.5 Å². The van der Waals surface area contributed by atoms with Gasteiger partial charge in [0.05, 0.1) is 13.7 Å². The molecule has 16 heavy (non-hydrogen) atoms. The van der Waals surface area contributed by atoms with Crippen LogP contribution in [0.1, 0.15) is 25.3 Å². The van der Waals surface area contributed by atoms with Gasteiger partial charge in [-0.2, -0.15) is 0 Å². The van der Waals surface area contributed by atoms with E-state index in [1.807, 2.05) is 28.4 Å². The first-order valence-corrected chi connectivity index (χ1v) is 6.64. The van der Waals surface area contributed by atoms with Gasteiger partial charge in [-0.1, -0.05) is 42.0 Å². The molecule has 0 N–H and O–H groups in total. The van der Waals surface area contributed by atoms with E-state index < -0.39 is 0 Å². The van der Waals surface area contributed by atoms with Crippen molar-refractivity contribution in [1.82, 2.24) is 0 Å². The smallest absolute Gasteiger partial charge is 0.161 e. The minimum absolute atomic E-state index is 0.740. The van der Waals surface area contributed by atoms with Gasteiger partial charge in [0.25, 0.3) is 0 Å². The molecule has 0 unspecified atom stereocenters. The molecule has 0 aromatic heterocycles. The molecule has 1 aromatic carbocycles. The molecule has 0 saturated carbocycles. The molecule has 0 saturated heterocycles. The second-order valence-corrected chi connectivity index (χ2v) is 4.12. The van der Waals surface area contributed by atoms with E-state index in [9.17, 15) is 0 Å². The molecule has 0 heterocycles. The fourth-order valence-corrected chi connectivity index (χ4v) is 1.72. The summed E-state index contributed by atoms with van der Waals surface area (Å²) in [5.74, 6) is 1.62. The molecule has 0 aliphatic rings. The van der Waals surface area contributed by atoms with Gasteiger partial charge in [0.2, 0.25) is 0 Å². The lowest BCUT2D eigenvalue weighted by Crippen LogP contribution is -1.99. The van der Waals surface area contributed by atoms with Crippen molar-refractivity contribution in [3.8, 4) is 11.5 Å². The summed E-state index contributed by atoms with van der Waals surface area (Å²) in [6.07, 6.45) is 4.23. The predicted molar refractivity (Wildman–Crippen MR) is 76.5 cm³/mol. The van der Waals surface area contributed by atoms with Crippen LogP contribution in [-0.4, -0.2) is 13.7 Å². The molecule has 2 nitrogen and oxygen atoms in total. The number of halogens is 1. The SMILES string of the molecule is CCCCOc1cc(/C=C/I)ccc1OC. The molecule has 1 aromatic rings. The molecule has 1 rings (SSSR count). The summed E-state index contributed by atoms with van der Waals surface area (Å²) in [5, 5.41) is 0. The molecule has 0 bridgehead atoms. The maximum Gasteiger partial charge on any atom is 0.161 e. The van der Waals surface area contributed by atoms with Gasteiger partial charge in [0.1, 0.15) is 0 Å². The van der Waals surface area contributed by atoms with E-state index in [0.717, 1.165) is 36.5 Å². The Morgan fingerprint density at radius 2 is 2.12 bits per heavy atom. The minimum Gasteiger partial charge on any atom is -0.493 e. The average molecular weight is 332 g/mol. The molecule has 0 spiro atoms. The maximum absolute atomic E-state index is 5.69. The molecule has 0 fully saturated rings. The summed E-state index contributed by atoms with van der Waals surface area (Å²) >= 11 is 2.20. The first-order chi connectivity index (χ1) is 7.81. The van der Waals surface area contributed by atoms with Crippen LogP contribution in [0.2, 0.25) is 0 Å². The first-order valence-electron chi connectivity index (χ1n) is 5.39. The Labute approximate surface area is 111 Å². The molecular weight excluding hydrogens is 315 g/mol. The number of ether oxygens (including phenoxy) is 2. The second kappa shape index (κ2) is 7.54. The van der Waals surface area contributed by atoms with E-state index in [1.54, 1.807) is 7.11 Å². The van der Waals surface area contributed by atoms with Crippen LogP contribution < -0.4 is 9.47 Å². The fourth-order valence-electron chi connectivity index (χ4n) is 1.31. The van der Waals surface area contributed by atoms with E-state index in [-0.39, 0.29) is 0 Å². The van der Waals surface area contributed by atoms with Gasteiger partial charge in [0.15, 0.2) is 11.5 Å². The number of rotatable bonds is 6. The van der Waals surface area contributed by atoms with Gasteiger partial charge < -0.3 is 9.47 Å². The summed E-state index contributed by atoms with van der Waals surface area (Å²) in [7, 11) is 1.66. The van der Waals surface area contributed by atoms with E-state index in [2.05, 4.69) is 29.5 Å². The Morgan fingerprint density at radius 3 is 2.75 bits per heavy atom. The van der Waals surface area contributed by atoms with Crippen LogP contribution in [0.3, 0.4) is 0 Å². The van der Waals surface area contributed by atoms with Crippen molar-refractivity contribution in [2.75, 3.05) is 13.7 Å². The molecule has 0 amide bonds. The molecule has 3 heteroatoms. The lowest BCUT2D eigenvalue weighted by atomic mass is 10.2. The van der Waals surface area contributed by atoms with Gasteiger partial charge in [-0.25, -0.2) is 0 Å². The third kappa shape index (κ3) is 4.04. The van der Waals surface area contributed by atoms with Crippen LogP contribution >= 0.6 is 22.6 Å². The summed E-state index contributed by atoms with van der Waals surface area (Å²) in [4.78, 5) is 0. The lowest BCUT2D eigenvalue weighted by Gasteiger charge is -2.10. The van der Waals surface area contributed by atoms with Gasteiger partial charge in [-0.15, -0.1) is 0 Å². The number of hydrogen-bond acceptors (Lipinski definition) is 2. The summed E-state index contributed by atoms with van der Waals surface area (Å²) in [5.41, 5.74) is 1.13. The van der Waals surface area contributed by atoms with Gasteiger partial charge in [0, 0.05) is 0 Å². The highest BCUT2D eigenvalue weighted by Crippen LogP contribution is 2.28. The number of benzene rings is 1. The lowest BCUT2D eigenvalue weighted by molar-refractivity contribution is 0.288. The Bertz CT molecular complexity index is 348. The van der Waals surface area contributed by atoms with Gasteiger partial charge in [-0.3, -0.25) is 0 Å². The van der Waals surface area contributed by atoms with Crippen molar-refractivity contribution in [1.29, 1.82) is 0 Å². The van der Waals surface area contributed by atoms with Crippen molar-refractivity contribution >= 4 is 28.7 Å². The summed E-state index contributed by atoms with van der Waals surface area (Å²) in [6, 6.07) is 5.96. The van der Waals surface area contributed by atoms with E-state index in [0.29, 0.717) is 0 Å². The quantitative estimate of drug-likeness (QED) is 0.572. The van der Waals surface area contributed by atoms with E-state index in [4.69, 9.17) is 9.47 Å². The Kier molecular flexibility index (Phi) is 6.30. The van der Waals surface area contributed by atoms with Crippen LogP contribution in [-0.2, 0) is 0 Å². The van der Waals surface area contributed by atoms with Crippen LogP contribution in [0.4, 0.5) is 0 Å². The standard InChI is InChI=1S/C13H17IO2/c1-3-4-9-16-13-10-11(7-8-14)5-6-12(13)15-2/h5-8,10H,3-4,9H2,1-2H3/b8-7+. The van der Waals surface area contributed by atoms with Gasteiger partial charge in [-0.05, 0) is 34.3 Å². The Balaban J connectivity index is 2.80. The van der Waals surface area contributed by atoms with E-state index in [1.165, 1.54) is 0 Å². The van der Waals surface area contributed by atoms with Gasteiger partial charge >= 0.3 is 0 Å². The van der Waals surface area contributed by atoms with Crippen LogP contribution in [0.25, 0.3) is 6.08 Å². The van der Waals surface area contributed by atoms with Crippen molar-refractivity contribution in [2.45, 2.75) is 19.8 Å². The molecule has 0 atom stereocenters. The maximum atomic E-state index is 5.69. The van der Waals surface area contributed by atoms with Crippen molar-refractivity contribution in [2.24, 2.45) is 0 Å². The summed E-state index contributed by atoms with van der Waals surface area (Å²) < 4.78 is 12.9. The van der Waals surface area contributed by atoms with Crippen LogP contribution in [0.5, 0.6) is 11.5 Å². The highest BCUT2D eigenvalue weighted by Gasteiger charge is 2.04. The highest BCUT2D eigenvalue weighted by atomic mass is 127. The van der Waals surface area contributed by atoms with Crippen molar-refractivity contribution in [3.63, 3.8) is 0 Å². The third-order valence-electron chi connectivity index (χ3n) is 2.20. The normalized spacial score (nSPS) is 10.7. The average Bonchev–Trinajstić information content (AvgIpc) is 2.30. The zero-order valence-electron chi connectivity index (χ0n) is 9.70. The third-order valence-corrected chi connectivity index (χ3v) is 2.56. The minimum atomic E-state index is 0.740. The molecule has 0 radical (unpaired) electrons. The molecule has 0 aliphatic carbocycles. The number of methoxy groups -OCH3 is 1. The first kappa shape index (κ1) is 13.4. The number of hydrogen-bond donors (Lipinski definition) is 0. The Morgan fingerprint density at radius 1 is 1.31 bits per heavy atom. The largest absolute Gasteiger partial charge is 0.493 e. The monoisotopic (exact) mass is 332 g/mol. The number of unbranched alkanes of at least 4 members (excludes halogenated alkanes) is 1. The van der Waals surface area contributed by atoms with Crippen molar-refractivity contribution < 1.29 is 9.47 Å². The predicted octanol–water partition coefficient (Wildman–Crippen LogP) is 4.28. The van der Waals surface area contributed by atoms with Crippen molar-refractivity contribution in [3.05, 3.63) is 27.8 Å². The molecule has 0 aliphatic heterocycles. The van der Waals surface area contributed by atoms with Crippen LogP contribution in [0, 0.1) is 0 Å². The highest BCUT2D eigenvalue weighted by molar-refractivity contribution is 14.1. The fraction of sp³-hybridized carbons (Fsp3) is 0.385. The molecular formula is C13H17IO2.